The van der Waals surface area contributed by atoms with Gasteiger partial charge >= 0.3 is 11.9 Å². The van der Waals surface area contributed by atoms with E-state index in [2.05, 4.69) is 20.3 Å². The van der Waals surface area contributed by atoms with Crippen molar-refractivity contribution in [3.05, 3.63) is 62.6 Å². The molecule has 2 atom stereocenters. The predicted molar refractivity (Wildman–Crippen MR) is 138 cm³/mol. The number of hydrogen-bond acceptors (Lipinski definition) is 9. The Balaban J connectivity index is 1.92. The Morgan fingerprint density at radius 3 is 2.64 bits per heavy atom. The average Bonchev–Trinajstić information content (AvgIpc) is 2.85. The summed E-state index contributed by atoms with van der Waals surface area (Å²) < 4.78 is 16.2. The van der Waals surface area contributed by atoms with Crippen LogP contribution in [0.15, 0.2) is 46.9 Å². The van der Waals surface area contributed by atoms with Crippen LogP contribution in [0.4, 0.5) is 5.82 Å². The molecular formula is C24H25Cl3N4O5. The van der Waals surface area contributed by atoms with Crippen LogP contribution in [-0.2, 0) is 23.8 Å². The second kappa shape index (κ2) is 13.0. The van der Waals surface area contributed by atoms with Gasteiger partial charge in [-0.25, -0.2) is 14.8 Å². The van der Waals surface area contributed by atoms with E-state index in [1.165, 1.54) is 13.4 Å². The minimum absolute atomic E-state index is 0.0136. The zero-order valence-corrected chi connectivity index (χ0v) is 22.2. The first-order valence-corrected chi connectivity index (χ1v) is 12.2. The molecule has 1 N–H and O–H groups in total. The third kappa shape index (κ3) is 6.53. The maximum absolute atomic E-state index is 13.2. The summed E-state index contributed by atoms with van der Waals surface area (Å²) in [6, 6.07) is 6.62. The number of aromatic nitrogens is 2. The number of methoxy groups -OCH3 is 1. The number of aliphatic imine (C=N–C) groups is 1. The fourth-order valence-corrected chi connectivity index (χ4v) is 4.45. The fourth-order valence-electron chi connectivity index (χ4n) is 3.87. The summed E-state index contributed by atoms with van der Waals surface area (Å²) in [7, 11) is 1.27. The van der Waals surface area contributed by atoms with Gasteiger partial charge in [0, 0.05) is 24.2 Å². The number of nitrogens with one attached hydrogen (secondary N) is 1. The van der Waals surface area contributed by atoms with E-state index >= 15 is 0 Å². The molecule has 2 heterocycles. The van der Waals surface area contributed by atoms with Crippen LogP contribution in [0.25, 0.3) is 0 Å². The van der Waals surface area contributed by atoms with Gasteiger partial charge in [0.1, 0.15) is 23.2 Å². The quantitative estimate of drug-likeness (QED) is 0.254. The third-order valence-electron chi connectivity index (χ3n) is 5.41. The molecule has 36 heavy (non-hydrogen) atoms. The number of halogens is 3. The monoisotopic (exact) mass is 554 g/mol. The Morgan fingerprint density at radius 2 is 1.94 bits per heavy atom. The van der Waals surface area contributed by atoms with Crippen molar-refractivity contribution in [3.63, 3.8) is 0 Å². The van der Waals surface area contributed by atoms with E-state index in [0.717, 1.165) is 0 Å². The van der Waals surface area contributed by atoms with Crippen molar-refractivity contribution in [1.29, 1.82) is 0 Å². The highest BCUT2D eigenvalue weighted by atomic mass is 35.5. The number of rotatable bonds is 10. The number of benzene rings is 1. The van der Waals surface area contributed by atoms with Gasteiger partial charge in [-0.2, -0.15) is 0 Å². The molecule has 0 fully saturated rings. The Hall–Kier alpha value is -2.72. The molecule has 0 saturated heterocycles. The van der Waals surface area contributed by atoms with E-state index in [9.17, 15) is 9.59 Å². The molecule has 1 aliphatic heterocycles. The fraction of sp³-hybridized carbons (Fsp3) is 0.375. The van der Waals surface area contributed by atoms with Gasteiger partial charge in [-0.1, -0.05) is 46.9 Å². The van der Waals surface area contributed by atoms with Gasteiger partial charge in [0.05, 0.1) is 48.2 Å². The molecule has 9 nitrogen and oxygen atoms in total. The van der Waals surface area contributed by atoms with Crippen LogP contribution >= 0.6 is 34.8 Å². The lowest BCUT2D eigenvalue weighted by Crippen LogP contribution is -2.37. The van der Waals surface area contributed by atoms with E-state index in [0.29, 0.717) is 34.5 Å². The van der Waals surface area contributed by atoms with Gasteiger partial charge in [0.25, 0.3) is 0 Å². The lowest BCUT2D eigenvalue weighted by molar-refractivity contribution is -0.144. The number of nitrogens with zero attached hydrogens (tertiary/aromatic N) is 3. The average molecular weight is 556 g/mol. The minimum Gasteiger partial charge on any atom is -0.468 e. The summed E-state index contributed by atoms with van der Waals surface area (Å²) in [5, 5.41) is 3.89. The van der Waals surface area contributed by atoms with Gasteiger partial charge in [0.2, 0.25) is 0 Å². The van der Waals surface area contributed by atoms with E-state index in [-0.39, 0.29) is 35.4 Å². The van der Waals surface area contributed by atoms with Gasteiger partial charge in [-0.15, -0.1) is 0 Å². The van der Waals surface area contributed by atoms with Crippen molar-refractivity contribution in [2.75, 3.05) is 38.8 Å². The zero-order valence-electron chi connectivity index (χ0n) is 19.9. The number of carbonyl (C=O) groups excluding carboxylic acids is 2. The van der Waals surface area contributed by atoms with Crippen molar-refractivity contribution in [1.82, 2.24) is 9.97 Å². The smallest absolute Gasteiger partial charge is 0.336 e. The normalized spacial score (nSPS) is 17.4. The number of carbonyl (C=O) groups is 2. The Bertz CT molecular complexity index is 1190. The highest BCUT2D eigenvalue weighted by molar-refractivity contribution is 6.42. The molecule has 0 aliphatic carbocycles. The summed E-state index contributed by atoms with van der Waals surface area (Å²) in [5.41, 5.74) is 1.43. The molecule has 1 aromatic carbocycles. The maximum atomic E-state index is 13.2. The maximum Gasteiger partial charge on any atom is 0.336 e. The largest absolute Gasteiger partial charge is 0.468 e. The summed E-state index contributed by atoms with van der Waals surface area (Å²) in [6.45, 7) is 4.17. The highest BCUT2D eigenvalue weighted by Crippen LogP contribution is 2.44. The first-order valence-electron chi connectivity index (χ1n) is 11.0. The van der Waals surface area contributed by atoms with Crippen molar-refractivity contribution in [2.24, 2.45) is 10.9 Å². The number of ether oxygens (including phenoxy) is 3. The summed E-state index contributed by atoms with van der Waals surface area (Å²) in [6.07, 6.45) is 1.35. The van der Waals surface area contributed by atoms with Crippen molar-refractivity contribution >= 4 is 58.3 Å². The van der Waals surface area contributed by atoms with Crippen LogP contribution in [0.2, 0.25) is 15.2 Å². The number of esters is 2. The van der Waals surface area contributed by atoms with Crippen molar-refractivity contribution < 1.29 is 23.8 Å². The Morgan fingerprint density at radius 1 is 1.17 bits per heavy atom. The van der Waals surface area contributed by atoms with Crippen molar-refractivity contribution in [3.8, 4) is 0 Å². The molecular weight excluding hydrogens is 531 g/mol. The lowest BCUT2D eigenvalue weighted by atomic mass is 9.75. The molecule has 3 rings (SSSR count). The molecule has 2 aromatic rings. The van der Waals surface area contributed by atoms with Gasteiger partial charge in [0.15, 0.2) is 0 Å². The SMILES string of the molecule is CCOC(=O)C1=C(COCCNc2cc(Cl)ncn2)N=C(C)C(C(=O)OC)C1c1cccc(Cl)c1Cl. The van der Waals surface area contributed by atoms with Crippen LogP contribution in [0.1, 0.15) is 25.3 Å². The standard InChI is InChI=1S/C24H25Cl3N4O5/c1-4-36-24(33)21-16(11-35-9-8-28-18-10-17(26)29-12-30-18)31-13(2)19(23(32)34-3)20(21)14-6-5-7-15(25)22(14)27/h5-7,10,12,19-20H,4,8-9,11H2,1-3H3,(H,28,29,30). The van der Waals surface area contributed by atoms with Crippen LogP contribution in [0, 0.1) is 5.92 Å². The molecule has 0 amide bonds. The highest BCUT2D eigenvalue weighted by Gasteiger charge is 2.44. The van der Waals surface area contributed by atoms with Crippen LogP contribution < -0.4 is 5.32 Å². The molecule has 1 aliphatic rings. The van der Waals surface area contributed by atoms with Crippen molar-refractivity contribution in [2.45, 2.75) is 19.8 Å². The summed E-state index contributed by atoms with van der Waals surface area (Å²) in [5.74, 6) is -2.38. The molecule has 0 radical (unpaired) electrons. The first kappa shape index (κ1) is 27.9. The predicted octanol–water partition coefficient (Wildman–Crippen LogP) is 4.73. The number of hydrogen-bond donors (Lipinski definition) is 1. The van der Waals surface area contributed by atoms with Gasteiger partial charge in [-0.3, -0.25) is 9.79 Å². The minimum atomic E-state index is -0.904. The summed E-state index contributed by atoms with van der Waals surface area (Å²) in [4.78, 5) is 38.5. The Labute approximate surface area is 223 Å². The van der Waals surface area contributed by atoms with E-state index in [4.69, 9.17) is 49.0 Å². The van der Waals surface area contributed by atoms with E-state index in [1.54, 1.807) is 38.1 Å². The van der Waals surface area contributed by atoms with Crippen LogP contribution in [0.3, 0.4) is 0 Å². The molecule has 192 valence electrons. The van der Waals surface area contributed by atoms with E-state index in [1.807, 2.05) is 0 Å². The molecule has 0 bridgehead atoms. The zero-order chi connectivity index (χ0) is 26.2. The second-order valence-corrected chi connectivity index (χ2v) is 8.83. The summed E-state index contributed by atoms with van der Waals surface area (Å²) >= 11 is 18.7. The molecule has 2 unspecified atom stereocenters. The molecule has 0 saturated carbocycles. The molecule has 1 aromatic heterocycles. The second-order valence-electron chi connectivity index (χ2n) is 7.66. The Kier molecular flexibility index (Phi) is 10.1. The van der Waals surface area contributed by atoms with Crippen LogP contribution in [-0.4, -0.2) is 61.1 Å². The third-order valence-corrected chi connectivity index (χ3v) is 6.45. The van der Waals surface area contributed by atoms with Crippen LogP contribution in [0.5, 0.6) is 0 Å². The van der Waals surface area contributed by atoms with Gasteiger partial charge in [-0.05, 0) is 25.5 Å². The lowest BCUT2D eigenvalue weighted by Gasteiger charge is -2.32. The molecule has 12 heteroatoms. The van der Waals surface area contributed by atoms with E-state index < -0.39 is 23.8 Å². The first-order chi connectivity index (χ1) is 17.3. The molecule has 0 spiro atoms. The van der Waals surface area contributed by atoms with Gasteiger partial charge < -0.3 is 19.5 Å². The topological polar surface area (TPSA) is 112 Å². The number of anilines is 1.